The maximum Gasteiger partial charge on any atom is 0.335 e. The SMILES string of the molecule is CC(C)(C#N)Oc1ccc(C(=O)O)cc1F. The van der Waals surface area contributed by atoms with Gasteiger partial charge in [0.1, 0.15) is 6.07 Å². The summed E-state index contributed by atoms with van der Waals surface area (Å²) in [4.78, 5) is 10.5. The summed E-state index contributed by atoms with van der Waals surface area (Å²) in [5.74, 6) is -2.16. The Morgan fingerprint density at radius 1 is 1.56 bits per heavy atom. The molecule has 0 aliphatic heterocycles. The van der Waals surface area contributed by atoms with Crippen LogP contribution in [0.15, 0.2) is 18.2 Å². The second-order valence-corrected chi connectivity index (χ2v) is 3.67. The largest absolute Gasteiger partial charge is 0.478 e. The van der Waals surface area contributed by atoms with Crippen LogP contribution in [0.5, 0.6) is 5.75 Å². The molecule has 0 saturated heterocycles. The maximum atomic E-state index is 13.4. The summed E-state index contributed by atoms with van der Waals surface area (Å²) in [5, 5.41) is 17.3. The smallest absolute Gasteiger partial charge is 0.335 e. The Kier molecular flexibility index (Phi) is 3.14. The molecule has 0 saturated carbocycles. The average Bonchev–Trinajstić information content (AvgIpc) is 2.20. The average molecular weight is 223 g/mol. The first kappa shape index (κ1) is 12.0. The minimum atomic E-state index is -1.22. The number of aromatic carboxylic acids is 1. The van der Waals surface area contributed by atoms with E-state index in [1.165, 1.54) is 26.0 Å². The van der Waals surface area contributed by atoms with Gasteiger partial charge in [-0.1, -0.05) is 0 Å². The molecule has 0 aromatic heterocycles. The van der Waals surface area contributed by atoms with Crippen LogP contribution in [-0.4, -0.2) is 16.7 Å². The normalized spacial score (nSPS) is 10.6. The second kappa shape index (κ2) is 4.19. The summed E-state index contributed by atoms with van der Waals surface area (Å²) < 4.78 is 18.5. The van der Waals surface area contributed by atoms with E-state index in [0.29, 0.717) is 0 Å². The fraction of sp³-hybridized carbons (Fsp3) is 0.273. The number of carboxylic acids is 1. The van der Waals surface area contributed by atoms with Crippen molar-refractivity contribution in [2.75, 3.05) is 0 Å². The van der Waals surface area contributed by atoms with Gasteiger partial charge in [0.25, 0.3) is 0 Å². The minimum Gasteiger partial charge on any atom is -0.478 e. The number of halogens is 1. The first-order valence-electron chi connectivity index (χ1n) is 4.49. The summed E-state index contributed by atoms with van der Waals surface area (Å²) in [6.45, 7) is 2.97. The van der Waals surface area contributed by atoms with Gasteiger partial charge in [-0.15, -0.1) is 0 Å². The fourth-order valence-corrected chi connectivity index (χ4v) is 1.01. The van der Waals surface area contributed by atoms with Gasteiger partial charge < -0.3 is 9.84 Å². The van der Waals surface area contributed by atoms with E-state index in [1.54, 1.807) is 0 Å². The zero-order chi connectivity index (χ0) is 12.3. The highest BCUT2D eigenvalue weighted by Crippen LogP contribution is 2.22. The fourth-order valence-electron chi connectivity index (χ4n) is 1.01. The van der Waals surface area contributed by atoms with Crippen molar-refractivity contribution in [3.05, 3.63) is 29.6 Å². The summed E-state index contributed by atoms with van der Waals surface area (Å²) in [6.07, 6.45) is 0. The lowest BCUT2D eigenvalue weighted by Crippen LogP contribution is -2.26. The Hall–Kier alpha value is -2.09. The van der Waals surface area contributed by atoms with E-state index in [0.717, 1.165) is 6.07 Å². The molecule has 0 aliphatic carbocycles. The molecule has 0 amide bonds. The molecular formula is C11H10FNO3. The number of hydrogen-bond acceptors (Lipinski definition) is 3. The van der Waals surface area contributed by atoms with Crippen LogP contribution >= 0.6 is 0 Å². The van der Waals surface area contributed by atoms with E-state index in [2.05, 4.69) is 0 Å². The Morgan fingerprint density at radius 2 is 2.19 bits per heavy atom. The molecule has 16 heavy (non-hydrogen) atoms. The molecule has 1 rings (SSSR count). The zero-order valence-electron chi connectivity index (χ0n) is 8.82. The van der Waals surface area contributed by atoms with Crippen LogP contribution in [0.25, 0.3) is 0 Å². The van der Waals surface area contributed by atoms with Crippen LogP contribution in [-0.2, 0) is 0 Å². The van der Waals surface area contributed by atoms with Crippen molar-refractivity contribution in [1.29, 1.82) is 5.26 Å². The van der Waals surface area contributed by atoms with E-state index >= 15 is 0 Å². The Morgan fingerprint density at radius 3 is 2.62 bits per heavy atom. The topological polar surface area (TPSA) is 70.3 Å². The number of ether oxygens (including phenoxy) is 1. The van der Waals surface area contributed by atoms with Gasteiger partial charge in [0.2, 0.25) is 0 Å². The molecule has 1 N–H and O–H groups in total. The van der Waals surface area contributed by atoms with Gasteiger partial charge in [0, 0.05) is 0 Å². The molecule has 0 bridgehead atoms. The van der Waals surface area contributed by atoms with Gasteiger partial charge in [-0.3, -0.25) is 0 Å². The highest BCUT2D eigenvalue weighted by molar-refractivity contribution is 5.87. The lowest BCUT2D eigenvalue weighted by Gasteiger charge is -2.18. The van der Waals surface area contributed by atoms with Crippen LogP contribution in [0.3, 0.4) is 0 Å². The summed E-state index contributed by atoms with van der Waals surface area (Å²) in [6, 6.07) is 5.11. The van der Waals surface area contributed by atoms with Crippen LogP contribution in [0.4, 0.5) is 4.39 Å². The predicted molar refractivity (Wildman–Crippen MR) is 53.7 cm³/mol. The zero-order valence-corrected chi connectivity index (χ0v) is 8.82. The highest BCUT2D eigenvalue weighted by atomic mass is 19.1. The highest BCUT2D eigenvalue weighted by Gasteiger charge is 2.21. The predicted octanol–water partition coefficient (Wildman–Crippen LogP) is 2.20. The Labute approximate surface area is 91.9 Å². The lowest BCUT2D eigenvalue weighted by molar-refractivity contribution is 0.0696. The van der Waals surface area contributed by atoms with Gasteiger partial charge in [0.15, 0.2) is 17.2 Å². The first-order valence-corrected chi connectivity index (χ1v) is 4.49. The van der Waals surface area contributed by atoms with Crippen molar-refractivity contribution in [2.45, 2.75) is 19.4 Å². The van der Waals surface area contributed by atoms with Gasteiger partial charge in [0.05, 0.1) is 5.56 Å². The number of nitriles is 1. The van der Waals surface area contributed by atoms with Crippen molar-refractivity contribution in [3.8, 4) is 11.8 Å². The second-order valence-electron chi connectivity index (χ2n) is 3.67. The molecular weight excluding hydrogens is 213 g/mol. The molecule has 0 unspecified atom stereocenters. The summed E-state index contributed by atoms with van der Waals surface area (Å²) >= 11 is 0. The molecule has 0 atom stereocenters. The minimum absolute atomic E-state index is 0.142. The van der Waals surface area contributed by atoms with Gasteiger partial charge in [-0.25, -0.2) is 9.18 Å². The van der Waals surface area contributed by atoms with E-state index in [9.17, 15) is 9.18 Å². The summed E-state index contributed by atoms with van der Waals surface area (Å²) in [7, 11) is 0. The number of rotatable bonds is 3. The summed E-state index contributed by atoms with van der Waals surface area (Å²) in [5.41, 5.74) is -1.33. The van der Waals surface area contributed by atoms with Crippen LogP contribution < -0.4 is 4.74 Å². The number of hydrogen-bond donors (Lipinski definition) is 1. The van der Waals surface area contributed by atoms with E-state index in [1.807, 2.05) is 6.07 Å². The number of benzene rings is 1. The number of carboxylic acid groups (broad SMARTS) is 1. The van der Waals surface area contributed by atoms with E-state index < -0.39 is 17.4 Å². The molecule has 1 aromatic rings. The van der Waals surface area contributed by atoms with Crippen LogP contribution in [0, 0.1) is 17.1 Å². The first-order chi connectivity index (χ1) is 7.35. The van der Waals surface area contributed by atoms with Gasteiger partial charge in [-0.05, 0) is 32.0 Å². The van der Waals surface area contributed by atoms with Crippen molar-refractivity contribution < 1.29 is 19.0 Å². The molecule has 5 heteroatoms. The van der Waals surface area contributed by atoms with Crippen molar-refractivity contribution in [1.82, 2.24) is 0 Å². The molecule has 4 nitrogen and oxygen atoms in total. The third-order valence-electron chi connectivity index (χ3n) is 1.81. The van der Waals surface area contributed by atoms with Crippen LogP contribution in [0.2, 0.25) is 0 Å². The Balaban J connectivity index is 3.02. The monoisotopic (exact) mass is 223 g/mol. The van der Waals surface area contributed by atoms with Crippen LogP contribution in [0.1, 0.15) is 24.2 Å². The quantitative estimate of drug-likeness (QED) is 0.852. The standard InChI is InChI=1S/C11H10FNO3/c1-11(2,6-13)16-9-4-3-7(10(14)15)5-8(9)12/h3-5H,1-2H3,(H,14,15). The number of nitrogens with zero attached hydrogens (tertiary/aromatic N) is 1. The molecule has 84 valence electrons. The molecule has 1 aromatic carbocycles. The lowest BCUT2D eigenvalue weighted by atomic mass is 10.1. The van der Waals surface area contributed by atoms with E-state index in [4.69, 9.17) is 15.1 Å². The van der Waals surface area contributed by atoms with Crippen molar-refractivity contribution in [3.63, 3.8) is 0 Å². The molecule has 0 spiro atoms. The molecule has 0 fully saturated rings. The van der Waals surface area contributed by atoms with Crippen molar-refractivity contribution in [2.24, 2.45) is 0 Å². The maximum absolute atomic E-state index is 13.4. The molecule has 0 radical (unpaired) electrons. The van der Waals surface area contributed by atoms with Gasteiger partial charge >= 0.3 is 5.97 Å². The molecule has 0 aliphatic rings. The van der Waals surface area contributed by atoms with Gasteiger partial charge in [-0.2, -0.15) is 5.26 Å². The van der Waals surface area contributed by atoms with E-state index in [-0.39, 0.29) is 11.3 Å². The third-order valence-corrected chi connectivity index (χ3v) is 1.81. The van der Waals surface area contributed by atoms with Crippen molar-refractivity contribution >= 4 is 5.97 Å². The Bertz CT molecular complexity index is 463. The number of carbonyl (C=O) groups is 1. The molecule has 0 heterocycles. The third kappa shape index (κ3) is 2.70.